The SMILES string of the molecule is Cc1nc2c(cc1C(=O)N1CCN(S(=O)(=O)N(C)C)CC1)c(C)nn2C. The average molecular weight is 380 g/mol. The highest BCUT2D eigenvalue weighted by Gasteiger charge is 2.31. The Morgan fingerprint density at radius 2 is 1.73 bits per heavy atom. The predicted octanol–water partition coefficient (Wildman–Crippen LogP) is 0.149. The number of rotatable bonds is 3. The Morgan fingerprint density at radius 1 is 1.12 bits per heavy atom. The maximum atomic E-state index is 13.0. The van der Waals surface area contributed by atoms with Gasteiger partial charge in [-0.3, -0.25) is 9.48 Å². The summed E-state index contributed by atoms with van der Waals surface area (Å²) >= 11 is 0. The molecule has 10 heteroatoms. The van der Waals surface area contributed by atoms with Crippen molar-refractivity contribution in [2.75, 3.05) is 40.3 Å². The summed E-state index contributed by atoms with van der Waals surface area (Å²) in [6, 6.07) is 1.84. The molecule has 3 rings (SSSR count). The van der Waals surface area contributed by atoms with Crippen LogP contribution in [-0.4, -0.2) is 82.9 Å². The van der Waals surface area contributed by atoms with E-state index in [1.165, 1.54) is 22.7 Å². The van der Waals surface area contributed by atoms with Crippen molar-refractivity contribution < 1.29 is 13.2 Å². The molecule has 2 aromatic heterocycles. The van der Waals surface area contributed by atoms with Crippen molar-refractivity contribution in [1.29, 1.82) is 0 Å². The predicted molar refractivity (Wildman–Crippen MR) is 98.1 cm³/mol. The van der Waals surface area contributed by atoms with Crippen LogP contribution in [0.15, 0.2) is 6.07 Å². The lowest BCUT2D eigenvalue weighted by molar-refractivity contribution is 0.0694. The monoisotopic (exact) mass is 380 g/mol. The van der Waals surface area contributed by atoms with Gasteiger partial charge >= 0.3 is 0 Å². The van der Waals surface area contributed by atoms with Crippen LogP contribution in [0.5, 0.6) is 0 Å². The highest BCUT2D eigenvalue weighted by molar-refractivity contribution is 7.86. The number of carbonyl (C=O) groups excluding carboxylic acids is 1. The van der Waals surface area contributed by atoms with Gasteiger partial charge in [-0.05, 0) is 19.9 Å². The van der Waals surface area contributed by atoms with Crippen molar-refractivity contribution in [2.45, 2.75) is 13.8 Å². The summed E-state index contributed by atoms with van der Waals surface area (Å²) in [4.78, 5) is 19.2. The standard InChI is InChI=1S/C16H24N6O3S/c1-11-14(10-13-12(2)18-20(5)15(13)17-11)16(23)21-6-8-22(9-7-21)26(24,25)19(3)4/h10H,6-9H2,1-5H3. The molecular formula is C16H24N6O3S. The quantitative estimate of drug-likeness (QED) is 0.756. The van der Waals surface area contributed by atoms with E-state index in [-0.39, 0.29) is 19.0 Å². The van der Waals surface area contributed by atoms with E-state index in [4.69, 9.17) is 0 Å². The summed E-state index contributed by atoms with van der Waals surface area (Å²) in [6.45, 7) is 4.98. The summed E-state index contributed by atoms with van der Waals surface area (Å²) in [5.74, 6) is -0.123. The molecule has 2 aromatic rings. The molecule has 0 atom stereocenters. The van der Waals surface area contributed by atoms with E-state index in [0.29, 0.717) is 24.3 Å². The Kier molecular flexibility index (Phi) is 4.76. The van der Waals surface area contributed by atoms with Crippen LogP contribution in [0, 0.1) is 13.8 Å². The topological polar surface area (TPSA) is 91.6 Å². The van der Waals surface area contributed by atoms with Gasteiger partial charge in [0, 0.05) is 52.7 Å². The molecule has 3 heterocycles. The van der Waals surface area contributed by atoms with Crippen LogP contribution in [-0.2, 0) is 17.3 Å². The fraction of sp³-hybridized carbons (Fsp3) is 0.562. The van der Waals surface area contributed by atoms with E-state index in [1.54, 1.807) is 9.58 Å². The summed E-state index contributed by atoms with van der Waals surface area (Å²) in [6.07, 6.45) is 0. The number of carbonyl (C=O) groups is 1. The summed E-state index contributed by atoms with van der Waals surface area (Å²) < 4.78 is 28.7. The Labute approximate surface area is 153 Å². The number of hydrogen-bond donors (Lipinski definition) is 0. The fourth-order valence-electron chi connectivity index (χ4n) is 3.17. The first-order valence-corrected chi connectivity index (χ1v) is 9.80. The second kappa shape index (κ2) is 6.60. The Hall–Kier alpha value is -2.04. The molecule has 0 radical (unpaired) electrons. The van der Waals surface area contributed by atoms with E-state index in [2.05, 4.69) is 10.1 Å². The third-order valence-corrected chi connectivity index (χ3v) is 6.67. The van der Waals surface area contributed by atoms with Gasteiger partial charge in [-0.15, -0.1) is 0 Å². The highest BCUT2D eigenvalue weighted by atomic mass is 32.2. The molecule has 26 heavy (non-hydrogen) atoms. The van der Waals surface area contributed by atoms with Crippen molar-refractivity contribution in [3.63, 3.8) is 0 Å². The summed E-state index contributed by atoms with van der Waals surface area (Å²) in [7, 11) is 1.39. The molecular weight excluding hydrogens is 356 g/mol. The minimum Gasteiger partial charge on any atom is -0.336 e. The average Bonchev–Trinajstić information content (AvgIpc) is 2.87. The summed E-state index contributed by atoms with van der Waals surface area (Å²) in [5.41, 5.74) is 2.76. The van der Waals surface area contributed by atoms with Crippen LogP contribution in [0.3, 0.4) is 0 Å². The molecule has 1 saturated heterocycles. The second-order valence-electron chi connectivity index (χ2n) is 6.68. The lowest BCUT2D eigenvalue weighted by Gasteiger charge is -2.35. The van der Waals surface area contributed by atoms with Gasteiger partial charge < -0.3 is 4.90 Å². The number of pyridine rings is 1. The van der Waals surface area contributed by atoms with Gasteiger partial charge in [-0.1, -0.05) is 0 Å². The zero-order chi connectivity index (χ0) is 19.2. The summed E-state index contributed by atoms with van der Waals surface area (Å²) in [5, 5.41) is 5.21. The first-order valence-electron chi connectivity index (χ1n) is 8.40. The third-order valence-electron chi connectivity index (χ3n) is 4.73. The van der Waals surface area contributed by atoms with Gasteiger partial charge in [0.15, 0.2) is 5.65 Å². The zero-order valence-electron chi connectivity index (χ0n) is 15.7. The fourth-order valence-corrected chi connectivity index (χ4v) is 4.26. The van der Waals surface area contributed by atoms with Gasteiger partial charge in [0.1, 0.15) is 0 Å². The largest absolute Gasteiger partial charge is 0.336 e. The normalized spacial score (nSPS) is 16.6. The third kappa shape index (κ3) is 3.08. The van der Waals surface area contributed by atoms with Crippen LogP contribution < -0.4 is 0 Å². The molecule has 0 saturated carbocycles. The maximum Gasteiger partial charge on any atom is 0.281 e. The Morgan fingerprint density at radius 3 is 2.31 bits per heavy atom. The minimum absolute atomic E-state index is 0.123. The van der Waals surface area contributed by atoms with E-state index < -0.39 is 10.2 Å². The zero-order valence-corrected chi connectivity index (χ0v) is 16.5. The van der Waals surface area contributed by atoms with Crippen molar-refractivity contribution in [3.8, 4) is 0 Å². The maximum absolute atomic E-state index is 13.0. The molecule has 0 aromatic carbocycles. The number of nitrogens with zero attached hydrogens (tertiary/aromatic N) is 6. The Balaban J connectivity index is 1.82. The lowest BCUT2D eigenvalue weighted by Crippen LogP contribution is -2.53. The Bertz CT molecular complexity index is 958. The molecule has 9 nitrogen and oxygen atoms in total. The first-order chi connectivity index (χ1) is 12.1. The molecule has 1 amide bonds. The van der Waals surface area contributed by atoms with Gasteiger partial charge in [-0.25, -0.2) is 4.98 Å². The number of amides is 1. The molecule has 0 bridgehead atoms. The van der Waals surface area contributed by atoms with Gasteiger partial charge in [0.2, 0.25) is 0 Å². The molecule has 0 N–H and O–H groups in total. The van der Waals surface area contributed by atoms with Crippen LogP contribution in [0.25, 0.3) is 11.0 Å². The molecule has 0 spiro atoms. The first kappa shape index (κ1) is 18.7. The number of hydrogen-bond acceptors (Lipinski definition) is 5. The van der Waals surface area contributed by atoms with Crippen molar-refractivity contribution >= 4 is 27.1 Å². The molecule has 1 aliphatic rings. The van der Waals surface area contributed by atoms with Crippen LogP contribution in [0.4, 0.5) is 0 Å². The lowest BCUT2D eigenvalue weighted by atomic mass is 10.1. The molecule has 142 valence electrons. The van der Waals surface area contributed by atoms with Crippen LogP contribution >= 0.6 is 0 Å². The van der Waals surface area contributed by atoms with Crippen LogP contribution in [0.1, 0.15) is 21.7 Å². The van der Waals surface area contributed by atoms with Crippen molar-refractivity contribution in [3.05, 3.63) is 23.0 Å². The van der Waals surface area contributed by atoms with E-state index >= 15 is 0 Å². The van der Waals surface area contributed by atoms with E-state index in [0.717, 1.165) is 16.7 Å². The molecule has 1 fully saturated rings. The number of piperazine rings is 1. The second-order valence-corrected chi connectivity index (χ2v) is 8.83. The number of aryl methyl sites for hydroxylation is 3. The highest BCUT2D eigenvalue weighted by Crippen LogP contribution is 2.21. The van der Waals surface area contributed by atoms with E-state index in [1.807, 2.05) is 27.0 Å². The van der Waals surface area contributed by atoms with Crippen LogP contribution in [0.2, 0.25) is 0 Å². The molecule has 0 aliphatic carbocycles. The van der Waals surface area contributed by atoms with Gasteiger partial charge in [0.25, 0.3) is 16.1 Å². The minimum atomic E-state index is -3.45. The molecule has 1 aliphatic heterocycles. The van der Waals surface area contributed by atoms with Gasteiger partial charge in [-0.2, -0.15) is 22.1 Å². The molecule has 0 unspecified atom stereocenters. The van der Waals surface area contributed by atoms with E-state index in [9.17, 15) is 13.2 Å². The van der Waals surface area contributed by atoms with Crippen molar-refractivity contribution in [1.82, 2.24) is 28.3 Å². The van der Waals surface area contributed by atoms with Gasteiger partial charge in [0.05, 0.1) is 17.0 Å². The smallest absolute Gasteiger partial charge is 0.281 e. The number of fused-ring (bicyclic) bond motifs is 1. The number of aromatic nitrogens is 3. The van der Waals surface area contributed by atoms with Crippen molar-refractivity contribution in [2.24, 2.45) is 7.05 Å².